The molecule has 0 spiro atoms. The molecular weight excluding hydrogens is 512 g/mol. The highest BCUT2D eigenvalue weighted by molar-refractivity contribution is 6.05. The summed E-state index contributed by atoms with van der Waals surface area (Å²) in [5, 5.41) is 8.26. The van der Waals surface area contributed by atoms with Crippen LogP contribution >= 0.6 is 0 Å². The van der Waals surface area contributed by atoms with Crippen molar-refractivity contribution in [1.82, 2.24) is 5.16 Å². The number of nitrogens with one attached hydrogen (secondary N) is 1. The van der Waals surface area contributed by atoms with Gasteiger partial charge in [0, 0.05) is 22.1 Å². The summed E-state index contributed by atoms with van der Waals surface area (Å²) in [6.07, 6.45) is 1.14. The van der Waals surface area contributed by atoms with E-state index < -0.39 is 11.7 Å². The number of ether oxygens (including phenoxy) is 3. The second-order valence-corrected chi connectivity index (χ2v) is 10.2. The van der Waals surface area contributed by atoms with Gasteiger partial charge in [0.05, 0.1) is 24.7 Å². The molecule has 0 bridgehead atoms. The van der Waals surface area contributed by atoms with Crippen molar-refractivity contribution in [3.8, 4) is 16.9 Å². The normalized spacial score (nSPS) is 11.5. The third-order valence-electron chi connectivity index (χ3n) is 6.03. The largest absolute Gasteiger partial charge is 0.489 e. The lowest BCUT2D eigenvalue weighted by atomic mass is 9.99. The Morgan fingerprint density at radius 2 is 1.80 bits per heavy atom. The molecule has 1 amide bonds. The van der Waals surface area contributed by atoms with Crippen molar-refractivity contribution < 1.29 is 32.7 Å². The summed E-state index contributed by atoms with van der Waals surface area (Å²) in [6.45, 7) is 7.72. The first-order chi connectivity index (χ1) is 19.2. The van der Waals surface area contributed by atoms with Crippen LogP contribution in [-0.4, -0.2) is 29.4 Å². The van der Waals surface area contributed by atoms with E-state index >= 15 is 0 Å². The molecule has 3 aromatic carbocycles. The zero-order valence-electron chi connectivity index (χ0n) is 22.8. The summed E-state index contributed by atoms with van der Waals surface area (Å²) in [6, 6.07) is 18.8. The van der Waals surface area contributed by atoms with Gasteiger partial charge in [0.1, 0.15) is 23.5 Å². The zero-order valence-corrected chi connectivity index (χ0v) is 22.8. The van der Waals surface area contributed by atoms with Crippen LogP contribution in [0.2, 0.25) is 0 Å². The molecule has 1 N–H and O–H groups in total. The maximum atomic E-state index is 12.3. The van der Waals surface area contributed by atoms with Gasteiger partial charge in [-0.25, -0.2) is 4.79 Å². The average molecular weight is 543 g/mol. The van der Waals surface area contributed by atoms with Gasteiger partial charge in [-0.2, -0.15) is 0 Å². The van der Waals surface area contributed by atoms with Crippen molar-refractivity contribution in [1.29, 1.82) is 0 Å². The van der Waals surface area contributed by atoms with E-state index in [4.69, 9.17) is 23.2 Å². The lowest BCUT2D eigenvalue weighted by Gasteiger charge is -2.19. The van der Waals surface area contributed by atoms with Gasteiger partial charge in [-0.3, -0.25) is 10.1 Å². The van der Waals surface area contributed by atoms with Gasteiger partial charge in [0.2, 0.25) is 0 Å². The SMILES string of the molecule is CCOC(=O)Cc1ccccc1OCc1cc(-c2cccc3c(NC(=O)OC(C)(C)C)noc23)c2occc2c1. The quantitative estimate of drug-likeness (QED) is 0.204. The molecule has 5 rings (SSSR count). The molecule has 0 aliphatic rings. The molecule has 206 valence electrons. The van der Waals surface area contributed by atoms with E-state index in [-0.39, 0.29) is 24.8 Å². The lowest BCUT2D eigenvalue weighted by Crippen LogP contribution is -2.27. The highest BCUT2D eigenvalue weighted by atomic mass is 16.6. The number of rotatable bonds is 8. The van der Waals surface area contributed by atoms with Gasteiger partial charge in [-0.05, 0) is 63.6 Å². The van der Waals surface area contributed by atoms with Crippen LogP contribution < -0.4 is 10.1 Å². The molecule has 0 saturated carbocycles. The molecule has 0 unspecified atom stereocenters. The van der Waals surface area contributed by atoms with Crippen LogP contribution in [0.1, 0.15) is 38.8 Å². The number of hydrogen-bond donors (Lipinski definition) is 1. The van der Waals surface area contributed by atoms with Crippen LogP contribution in [-0.2, 0) is 27.3 Å². The number of aromatic nitrogens is 1. The molecule has 0 aliphatic carbocycles. The minimum Gasteiger partial charge on any atom is -0.489 e. The third-order valence-corrected chi connectivity index (χ3v) is 6.03. The number of fused-ring (bicyclic) bond motifs is 2. The smallest absolute Gasteiger partial charge is 0.413 e. The van der Waals surface area contributed by atoms with Crippen LogP contribution in [0, 0.1) is 0 Å². The first-order valence-corrected chi connectivity index (χ1v) is 13.0. The fourth-order valence-corrected chi connectivity index (χ4v) is 4.41. The van der Waals surface area contributed by atoms with Gasteiger partial charge in [-0.1, -0.05) is 35.5 Å². The van der Waals surface area contributed by atoms with Crippen LogP contribution in [0.25, 0.3) is 33.1 Å². The van der Waals surface area contributed by atoms with E-state index in [0.29, 0.717) is 28.9 Å². The number of anilines is 1. The van der Waals surface area contributed by atoms with E-state index in [9.17, 15) is 9.59 Å². The number of benzene rings is 3. The van der Waals surface area contributed by atoms with Crippen molar-refractivity contribution in [2.24, 2.45) is 0 Å². The van der Waals surface area contributed by atoms with Gasteiger partial charge < -0.3 is 23.2 Å². The highest BCUT2D eigenvalue weighted by Gasteiger charge is 2.21. The predicted molar refractivity (Wildman–Crippen MR) is 150 cm³/mol. The van der Waals surface area contributed by atoms with Crippen molar-refractivity contribution in [3.05, 3.63) is 78.1 Å². The number of nitrogens with zero attached hydrogens (tertiary/aromatic N) is 1. The molecule has 9 nitrogen and oxygen atoms in total. The van der Waals surface area contributed by atoms with Crippen molar-refractivity contribution >= 4 is 39.8 Å². The van der Waals surface area contributed by atoms with Crippen LogP contribution in [0.15, 0.2) is 75.9 Å². The molecule has 0 atom stereocenters. The lowest BCUT2D eigenvalue weighted by molar-refractivity contribution is -0.142. The van der Waals surface area contributed by atoms with Crippen molar-refractivity contribution in [2.75, 3.05) is 11.9 Å². The summed E-state index contributed by atoms with van der Waals surface area (Å²) < 4.78 is 28.1. The minimum atomic E-state index is -0.651. The maximum Gasteiger partial charge on any atom is 0.413 e. The molecule has 0 fully saturated rings. The van der Waals surface area contributed by atoms with E-state index in [2.05, 4.69) is 10.5 Å². The van der Waals surface area contributed by atoms with Gasteiger partial charge >= 0.3 is 12.1 Å². The number of carbonyl (C=O) groups excluding carboxylic acids is 2. The minimum absolute atomic E-state index is 0.128. The summed E-state index contributed by atoms with van der Waals surface area (Å²) in [5.74, 6) is 0.570. The standard InChI is InChI=1S/C31H30N2O7/c1-5-36-26(34)17-20-9-6-7-12-25(20)38-18-19-15-21-13-14-37-27(21)24(16-19)22-10-8-11-23-28(22)40-33-29(23)32-30(35)39-31(2,3)4/h6-16H,5,17-18H2,1-4H3,(H,32,33,35). The Bertz CT molecular complexity index is 1680. The first kappa shape index (κ1) is 26.8. The monoisotopic (exact) mass is 542 g/mol. The Morgan fingerprint density at radius 1 is 0.975 bits per heavy atom. The second-order valence-electron chi connectivity index (χ2n) is 10.2. The molecule has 5 aromatic rings. The summed E-state index contributed by atoms with van der Waals surface area (Å²) in [4.78, 5) is 24.4. The third kappa shape index (κ3) is 5.93. The highest BCUT2D eigenvalue weighted by Crippen LogP contribution is 2.38. The van der Waals surface area contributed by atoms with E-state index in [1.165, 1.54) is 0 Å². The molecule has 9 heteroatoms. The fraction of sp³-hybridized carbons (Fsp3) is 0.258. The first-order valence-electron chi connectivity index (χ1n) is 13.0. The van der Waals surface area contributed by atoms with Gasteiger partial charge in [0.15, 0.2) is 11.4 Å². The second kappa shape index (κ2) is 11.1. The van der Waals surface area contributed by atoms with Crippen LogP contribution in [0.3, 0.4) is 0 Å². The predicted octanol–water partition coefficient (Wildman–Crippen LogP) is 7.27. The molecule has 2 aromatic heterocycles. The Labute approximate surface area is 231 Å². The molecule has 2 heterocycles. The molecule has 40 heavy (non-hydrogen) atoms. The fourth-order valence-electron chi connectivity index (χ4n) is 4.41. The summed E-state index contributed by atoms with van der Waals surface area (Å²) >= 11 is 0. The molecule has 0 radical (unpaired) electrons. The Hall–Kier alpha value is -4.79. The topological polar surface area (TPSA) is 113 Å². The number of para-hydroxylation sites is 2. The summed E-state index contributed by atoms with van der Waals surface area (Å²) in [5.41, 5.74) is 3.68. The van der Waals surface area contributed by atoms with E-state index in [1.807, 2.05) is 60.7 Å². The molecule has 0 saturated heterocycles. The van der Waals surface area contributed by atoms with Crippen LogP contribution in [0.4, 0.5) is 10.6 Å². The Morgan fingerprint density at radius 3 is 2.60 bits per heavy atom. The van der Waals surface area contributed by atoms with Crippen LogP contribution in [0.5, 0.6) is 5.75 Å². The van der Waals surface area contributed by atoms with Crippen molar-refractivity contribution in [3.63, 3.8) is 0 Å². The van der Waals surface area contributed by atoms with Gasteiger partial charge in [-0.15, -0.1) is 0 Å². The number of esters is 1. The number of carbonyl (C=O) groups is 2. The molecule has 0 aliphatic heterocycles. The number of hydrogen-bond acceptors (Lipinski definition) is 8. The number of furan rings is 1. The Balaban J connectivity index is 1.45. The maximum absolute atomic E-state index is 12.3. The average Bonchev–Trinajstić information content (AvgIpc) is 3.54. The Kier molecular flexibility index (Phi) is 7.46. The number of amides is 1. The van der Waals surface area contributed by atoms with E-state index in [0.717, 1.165) is 27.6 Å². The summed E-state index contributed by atoms with van der Waals surface area (Å²) in [7, 11) is 0. The van der Waals surface area contributed by atoms with Gasteiger partial charge in [0.25, 0.3) is 0 Å². The zero-order chi connectivity index (χ0) is 28.3. The molecular formula is C31H30N2O7. The van der Waals surface area contributed by atoms with E-state index in [1.54, 1.807) is 34.0 Å². The van der Waals surface area contributed by atoms with Crippen molar-refractivity contribution in [2.45, 2.75) is 46.3 Å².